The molecule has 22 heavy (non-hydrogen) atoms. The van der Waals surface area contributed by atoms with E-state index < -0.39 is 4.92 Å². The Balaban J connectivity index is 1.85. The van der Waals surface area contributed by atoms with Gasteiger partial charge in [-0.25, -0.2) is 0 Å². The molecule has 0 saturated carbocycles. The number of nitro groups is 1. The van der Waals surface area contributed by atoms with Gasteiger partial charge in [-0.05, 0) is 31.2 Å². The predicted molar refractivity (Wildman–Crippen MR) is 83.7 cm³/mol. The number of amides is 1. The van der Waals surface area contributed by atoms with E-state index in [0.717, 1.165) is 16.4 Å². The standard InChI is InChI=1S/C15H16N2O4S/c1-11-3-6-13(21-11)9-16(2)15(18)10-22-14-7-4-12(5-8-14)17(19)20/h3-8H,9-10H2,1-2H3. The largest absolute Gasteiger partial charge is 0.464 e. The van der Waals surface area contributed by atoms with E-state index in [-0.39, 0.29) is 17.3 Å². The van der Waals surface area contributed by atoms with Gasteiger partial charge in [0.15, 0.2) is 0 Å². The first kappa shape index (κ1) is 16.1. The number of carbonyl (C=O) groups excluding carboxylic acids is 1. The van der Waals surface area contributed by atoms with Crippen molar-refractivity contribution < 1.29 is 14.1 Å². The Bertz CT molecular complexity index is 666. The fourth-order valence-electron chi connectivity index (χ4n) is 1.81. The van der Waals surface area contributed by atoms with Gasteiger partial charge in [-0.3, -0.25) is 14.9 Å². The highest BCUT2D eigenvalue weighted by Gasteiger charge is 2.12. The highest BCUT2D eigenvalue weighted by atomic mass is 32.2. The molecule has 0 atom stereocenters. The molecular weight excluding hydrogens is 304 g/mol. The molecule has 0 unspecified atom stereocenters. The molecule has 1 heterocycles. The van der Waals surface area contributed by atoms with Crippen LogP contribution in [0.4, 0.5) is 5.69 Å². The van der Waals surface area contributed by atoms with Crippen LogP contribution >= 0.6 is 11.8 Å². The zero-order chi connectivity index (χ0) is 16.1. The number of carbonyl (C=O) groups is 1. The summed E-state index contributed by atoms with van der Waals surface area (Å²) in [6.45, 7) is 2.28. The van der Waals surface area contributed by atoms with Crippen LogP contribution in [0.15, 0.2) is 45.7 Å². The first-order chi connectivity index (χ1) is 10.5. The number of nitrogens with zero attached hydrogens (tertiary/aromatic N) is 2. The molecule has 6 nitrogen and oxygen atoms in total. The molecule has 116 valence electrons. The third-order valence-electron chi connectivity index (χ3n) is 3.02. The van der Waals surface area contributed by atoms with Gasteiger partial charge in [0.05, 0.1) is 17.2 Å². The zero-order valence-electron chi connectivity index (χ0n) is 12.3. The quantitative estimate of drug-likeness (QED) is 0.464. The summed E-state index contributed by atoms with van der Waals surface area (Å²) in [5, 5.41) is 10.6. The fourth-order valence-corrected chi connectivity index (χ4v) is 2.65. The second-order valence-electron chi connectivity index (χ2n) is 4.80. The maximum absolute atomic E-state index is 12.1. The average Bonchev–Trinajstić information content (AvgIpc) is 2.90. The van der Waals surface area contributed by atoms with E-state index >= 15 is 0 Å². The minimum absolute atomic E-state index is 0.0302. The lowest BCUT2D eigenvalue weighted by molar-refractivity contribution is -0.384. The first-order valence-corrected chi connectivity index (χ1v) is 7.61. The van der Waals surface area contributed by atoms with Crippen LogP contribution in [0.1, 0.15) is 11.5 Å². The molecule has 0 saturated heterocycles. The van der Waals surface area contributed by atoms with Crippen LogP contribution in [0.2, 0.25) is 0 Å². The van der Waals surface area contributed by atoms with Crippen molar-refractivity contribution in [3.63, 3.8) is 0 Å². The molecule has 0 spiro atoms. The van der Waals surface area contributed by atoms with Gasteiger partial charge in [-0.1, -0.05) is 0 Å². The molecule has 1 aromatic heterocycles. The summed E-state index contributed by atoms with van der Waals surface area (Å²) in [7, 11) is 1.72. The van der Waals surface area contributed by atoms with Crippen molar-refractivity contribution >= 4 is 23.4 Å². The number of hydrogen-bond donors (Lipinski definition) is 0. The summed E-state index contributed by atoms with van der Waals surface area (Å²) in [6, 6.07) is 9.87. The molecule has 2 aromatic rings. The number of aryl methyl sites for hydroxylation is 1. The maximum atomic E-state index is 12.1. The molecule has 7 heteroatoms. The minimum Gasteiger partial charge on any atom is -0.464 e. The molecule has 0 aliphatic carbocycles. The second-order valence-corrected chi connectivity index (χ2v) is 5.85. The van der Waals surface area contributed by atoms with Crippen molar-refractivity contribution in [1.82, 2.24) is 4.90 Å². The summed E-state index contributed by atoms with van der Waals surface area (Å²) in [5.74, 6) is 1.80. The third-order valence-corrected chi connectivity index (χ3v) is 4.02. The Morgan fingerprint density at radius 2 is 1.95 bits per heavy atom. The van der Waals surface area contributed by atoms with E-state index in [4.69, 9.17) is 4.42 Å². The van der Waals surface area contributed by atoms with E-state index in [0.29, 0.717) is 6.54 Å². The number of non-ortho nitro benzene ring substituents is 1. The smallest absolute Gasteiger partial charge is 0.269 e. The fraction of sp³-hybridized carbons (Fsp3) is 0.267. The highest BCUT2D eigenvalue weighted by molar-refractivity contribution is 8.00. The molecule has 0 radical (unpaired) electrons. The van der Waals surface area contributed by atoms with Crippen molar-refractivity contribution in [3.8, 4) is 0 Å². The second kappa shape index (κ2) is 7.13. The molecule has 0 aliphatic heterocycles. The lowest BCUT2D eigenvalue weighted by atomic mass is 10.3. The minimum atomic E-state index is -0.446. The average molecular weight is 320 g/mol. The van der Waals surface area contributed by atoms with Gasteiger partial charge in [-0.15, -0.1) is 11.8 Å². The number of nitro benzene ring substituents is 1. The Morgan fingerprint density at radius 3 is 2.50 bits per heavy atom. The molecule has 0 aliphatic rings. The zero-order valence-corrected chi connectivity index (χ0v) is 13.1. The van der Waals surface area contributed by atoms with Crippen LogP contribution in [0.25, 0.3) is 0 Å². The summed E-state index contributed by atoms with van der Waals surface area (Å²) < 4.78 is 5.44. The SMILES string of the molecule is Cc1ccc(CN(C)C(=O)CSc2ccc([N+](=O)[O-])cc2)o1. The van der Waals surface area contributed by atoms with Crippen LogP contribution < -0.4 is 0 Å². The molecule has 0 bridgehead atoms. The lowest BCUT2D eigenvalue weighted by Crippen LogP contribution is -2.27. The number of rotatable bonds is 6. The van der Waals surface area contributed by atoms with E-state index in [1.807, 2.05) is 19.1 Å². The number of furan rings is 1. The molecule has 0 fully saturated rings. The van der Waals surface area contributed by atoms with E-state index in [2.05, 4.69) is 0 Å². The predicted octanol–water partition coefficient (Wildman–Crippen LogP) is 3.25. The van der Waals surface area contributed by atoms with Crippen LogP contribution in [-0.4, -0.2) is 28.5 Å². The van der Waals surface area contributed by atoms with E-state index in [1.54, 1.807) is 24.1 Å². The summed E-state index contributed by atoms with van der Waals surface area (Å²) in [6.07, 6.45) is 0. The van der Waals surface area contributed by atoms with Crippen LogP contribution in [0, 0.1) is 17.0 Å². The topological polar surface area (TPSA) is 76.6 Å². The number of benzene rings is 1. The normalized spacial score (nSPS) is 10.5. The molecule has 1 amide bonds. The molecule has 0 N–H and O–H groups in total. The summed E-state index contributed by atoms with van der Waals surface area (Å²) >= 11 is 1.35. The Labute approximate surface area is 132 Å². The van der Waals surface area contributed by atoms with Crippen molar-refractivity contribution in [2.75, 3.05) is 12.8 Å². The Hall–Kier alpha value is -2.28. The Morgan fingerprint density at radius 1 is 1.27 bits per heavy atom. The van der Waals surface area contributed by atoms with Gasteiger partial charge >= 0.3 is 0 Å². The van der Waals surface area contributed by atoms with Gasteiger partial charge in [0, 0.05) is 24.1 Å². The van der Waals surface area contributed by atoms with Crippen LogP contribution in [-0.2, 0) is 11.3 Å². The lowest BCUT2D eigenvalue weighted by Gasteiger charge is -2.15. The van der Waals surface area contributed by atoms with Crippen LogP contribution in [0.3, 0.4) is 0 Å². The van der Waals surface area contributed by atoms with Crippen molar-refractivity contribution in [2.45, 2.75) is 18.4 Å². The number of hydrogen-bond acceptors (Lipinski definition) is 5. The molecule has 2 rings (SSSR count). The summed E-state index contributed by atoms with van der Waals surface area (Å²) in [4.78, 5) is 24.6. The number of thioether (sulfide) groups is 1. The third kappa shape index (κ3) is 4.36. The van der Waals surface area contributed by atoms with Gasteiger partial charge < -0.3 is 9.32 Å². The monoisotopic (exact) mass is 320 g/mol. The van der Waals surface area contributed by atoms with Gasteiger partial charge in [-0.2, -0.15) is 0 Å². The van der Waals surface area contributed by atoms with Gasteiger partial charge in [0.25, 0.3) is 5.69 Å². The maximum Gasteiger partial charge on any atom is 0.269 e. The first-order valence-electron chi connectivity index (χ1n) is 6.62. The van der Waals surface area contributed by atoms with E-state index in [9.17, 15) is 14.9 Å². The molecular formula is C15H16N2O4S. The van der Waals surface area contributed by atoms with Gasteiger partial charge in [0.1, 0.15) is 11.5 Å². The highest BCUT2D eigenvalue weighted by Crippen LogP contribution is 2.21. The van der Waals surface area contributed by atoms with Crippen LogP contribution in [0.5, 0.6) is 0 Å². The van der Waals surface area contributed by atoms with Crippen molar-refractivity contribution in [1.29, 1.82) is 0 Å². The molecule has 1 aromatic carbocycles. The van der Waals surface area contributed by atoms with E-state index in [1.165, 1.54) is 23.9 Å². The summed E-state index contributed by atoms with van der Waals surface area (Å²) in [5.41, 5.74) is 0.0426. The van der Waals surface area contributed by atoms with Crippen molar-refractivity contribution in [3.05, 3.63) is 58.0 Å². The Kier molecular flexibility index (Phi) is 5.21. The van der Waals surface area contributed by atoms with Gasteiger partial charge in [0.2, 0.25) is 5.91 Å². The van der Waals surface area contributed by atoms with Crippen molar-refractivity contribution in [2.24, 2.45) is 0 Å².